The normalized spacial score (nSPS) is 45.6. The fourth-order valence-corrected chi connectivity index (χ4v) is 8.27. The van der Waals surface area contributed by atoms with E-state index in [2.05, 4.69) is 13.8 Å². The molecule has 0 N–H and O–H groups in total. The van der Waals surface area contributed by atoms with Gasteiger partial charge in [-0.2, -0.15) is 8.42 Å². The Kier molecular flexibility index (Phi) is 4.70. The zero-order valence-electron chi connectivity index (χ0n) is 17.4. The van der Waals surface area contributed by atoms with Gasteiger partial charge in [-0.1, -0.05) is 19.4 Å². The Morgan fingerprint density at radius 3 is 2.54 bits per heavy atom. The maximum atomic E-state index is 12.4. The Balaban J connectivity index is 1.80. The molecule has 0 aliphatic heterocycles. The number of carbonyl (C=O) groups excluding carboxylic acids is 2. The summed E-state index contributed by atoms with van der Waals surface area (Å²) in [5.74, 6) is 1.23. The summed E-state index contributed by atoms with van der Waals surface area (Å²) in [6.45, 7) is 6.07. The molecule has 0 aromatic rings. The number of allylic oxidation sites excluding steroid dienone is 1. The van der Waals surface area contributed by atoms with E-state index in [-0.39, 0.29) is 34.2 Å². The molecular formula is C22H32O5S. The molecule has 0 unspecified atom stereocenters. The molecule has 0 bridgehead atoms. The first-order valence-electron chi connectivity index (χ1n) is 10.6. The molecule has 5 nitrogen and oxygen atoms in total. The Bertz CT molecular complexity index is 843. The van der Waals surface area contributed by atoms with Crippen LogP contribution in [-0.4, -0.2) is 32.3 Å². The molecule has 3 fully saturated rings. The lowest BCUT2D eigenvalue weighted by atomic mass is 9.46. The van der Waals surface area contributed by atoms with Crippen LogP contribution in [0.25, 0.3) is 0 Å². The van der Waals surface area contributed by atoms with Gasteiger partial charge in [0.05, 0.1) is 12.4 Å². The molecule has 28 heavy (non-hydrogen) atoms. The maximum absolute atomic E-state index is 12.4. The van der Waals surface area contributed by atoms with E-state index >= 15 is 0 Å². The van der Waals surface area contributed by atoms with Crippen LogP contribution in [0.5, 0.6) is 0 Å². The molecule has 0 heterocycles. The third-order valence-corrected chi connectivity index (χ3v) is 9.26. The monoisotopic (exact) mass is 408 g/mol. The average Bonchev–Trinajstić information content (AvgIpc) is 2.90. The minimum absolute atomic E-state index is 0.0122. The lowest BCUT2D eigenvalue weighted by Crippen LogP contribution is -2.57. The number of Topliss-reactive ketones (excluding diaryl/α,β-unsaturated/α-hetero) is 1. The van der Waals surface area contributed by atoms with E-state index < -0.39 is 16.2 Å². The molecule has 3 saturated carbocycles. The summed E-state index contributed by atoms with van der Waals surface area (Å²) >= 11 is 0. The van der Waals surface area contributed by atoms with E-state index in [1.165, 1.54) is 5.57 Å². The molecule has 0 spiro atoms. The first-order valence-corrected chi connectivity index (χ1v) is 12.4. The van der Waals surface area contributed by atoms with Gasteiger partial charge in [-0.15, -0.1) is 0 Å². The van der Waals surface area contributed by atoms with Gasteiger partial charge in [-0.05, 0) is 80.1 Å². The van der Waals surface area contributed by atoms with E-state index in [1.54, 1.807) is 6.92 Å². The standard InChI is InChI=1S/C22H32O5S/c1-13(23)17-7-8-18-16-6-5-14-11-15(24)9-10-21(14,2)20(16)19(12-22(17,18)3)27-28(4,25)26/h11,16-20H,5-10,12H2,1-4H3/t16-,17+,18-,19+,20+,21-,22+/m0/s1. The number of hydrogen-bond donors (Lipinski definition) is 0. The quantitative estimate of drug-likeness (QED) is 0.666. The highest BCUT2D eigenvalue weighted by Crippen LogP contribution is 2.67. The Morgan fingerprint density at radius 1 is 1.18 bits per heavy atom. The largest absolute Gasteiger partial charge is 0.300 e. The van der Waals surface area contributed by atoms with Crippen molar-refractivity contribution in [2.45, 2.75) is 71.8 Å². The Labute approximate surface area is 168 Å². The van der Waals surface area contributed by atoms with Crippen molar-refractivity contribution in [3.05, 3.63) is 11.6 Å². The number of ketones is 2. The minimum Gasteiger partial charge on any atom is -0.300 e. The van der Waals surface area contributed by atoms with Gasteiger partial charge in [0, 0.05) is 12.3 Å². The van der Waals surface area contributed by atoms with Crippen LogP contribution in [0.3, 0.4) is 0 Å². The van der Waals surface area contributed by atoms with E-state index in [9.17, 15) is 18.0 Å². The SMILES string of the molecule is CC(=O)[C@H]1CC[C@H]2[C@@H]3CCC4=CC(=O)CC[C@]4(C)[C@H]3[C@H](OS(C)(=O)=O)C[C@]12C. The average molecular weight is 409 g/mol. The predicted molar refractivity (Wildman–Crippen MR) is 106 cm³/mol. The van der Waals surface area contributed by atoms with Crippen molar-refractivity contribution in [2.24, 2.45) is 34.5 Å². The van der Waals surface area contributed by atoms with Crippen molar-refractivity contribution in [3.63, 3.8) is 0 Å². The van der Waals surface area contributed by atoms with Crippen LogP contribution in [-0.2, 0) is 23.9 Å². The highest BCUT2D eigenvalue weighted by Gasteiger charge is 2.63. The van der Waals surface area contributed by atoms with Gasteiger partial charge in [0.25, 0.3) is 10.1 Å². The molecule has 7 atom stereocenters. The molecule has 4 rings (SSSR count). The van der Waals surface area contributed by atoms with Gasteiger partial charge in [-0.25, -0.2) is 0 Å². The second kappa shape index (κ2) is 6.49. The highest BCUT2D eigenvalue weighted by molar-refractivity contribution is 7.86. The first-order chi connectivity index (χ1) is 13.0. The summed E-state index contributed by atoms with van der Waals surface area (Å²) in [5, 5.41) is 0. The smallest absolute Gasteiger partial charge is 0.264 e. The lowest BCUT2D eigenvalue weighted by molar-refractivity contribution is -0.138. The number of carbonyl (C=O) groups is 2. The number of rotatable bonds is 3. The summed E-state index contributed by atoms with van der Waals surface area (Å²) in [6.07, 6.45) is 8.17. The fraction of sp³-hybridized carbons (Fsp3) is 0.818. The molecule has 0 aromatic carbocycles. The van der Waals surface area contributed by atoms with Crippen LogP contribution >= 0.6 is 0 Å². The fourth-order valence-electron chi connectivity index (χ4n) is 7.63. The van der Waals surface area contributed by atoms with Gasteiger partial charge < -0.3 is 0 Å². The number of hydrogen-bond acceptors (Lipinski definition) is 5. The second-order valence-electron chi connectivity index (χ2n) is 10.2. The van der Waals surface area contributed by atoms with Crippen molar-refractivity contribution in [1.82, 2.24) is 0 Å². The lowest BCUT2D eigenvalue weighted by Gasteiger charge is -2.60. The van der Waals surface area contributed by atoms with Crippen molar-refractivity contribution in [2.75, 3.05) is 6.26 Å². The van der Waals surface area contributed by atoms with Crippen LogP contribution in [0, 0.1) is 34.5 Å². The van der Waals surface area contributed by atoms with Crippen molar-refractivity contribution in [1.29, 1.82) is 0 Å². The molecule has 0 aromatic heterocycles. The topological polar surface area (TPSA) is 77.5 Å². The van der Waals surface area contributed by atoms with Gasteiger partial charge in [-0.3, -0.25) is 13.8 Å². The third kappa shape index (κ3) is 3.02. The second-order valence-corrected chi connectivity index (χ2v) is 11.8. The predicted octanol–water partition coefficient (Wildman–Crippen LogP) is 3.68. The zero-order valence-corrected chi connectivity index (χ0v) is 18.2. The van der Waals surface area contributed by atoms with Crippen molar-refractivity contribution >= 4 is 21.7 Å². The van der Waals surface area contributed by atoms with Gasteiger partial charge in [0.2, 0.25) is 0 Å². The molecular weight excluding hydrogens is 376 g/mol. The van der Waals surface area contributed by atoms with Crippen LogP contribution in [0.4, 0.5) is 0 Å². The molecule has 4 aliphatic rings. The molecule has 0 saturated heterocycles. The first kappa shape index (κ1) is 20.3. The van der Waals surface area contributed by atoms with Gasteiger partial charge in [0.1, 0.15) is 5.78 Å². The Morgan fingerprint density at radius 2 is 1.89 bits per heavy atom. The highest BCUT2D eigenvalue weighted by atomic mass is 32.2. The van der Waals surface area contributed by atoms with E-state index in [0.29, 0.717) is 24.7 Å². The van der Waals surface area contributed by atoms with E-state index in [1.807, 2.05) is 6.08 Å². The Hall–Kier alpha value is -1.01. The van der Waals surface area contributed by atoms with Crippen LogP contribution in [0.1, 0.15) is 65.7 Å². The van der Waals surface area contributed by atoms with Crippen molar-refractivity contribution in [3.8, 4) is 0 Å². The van der Waals surface area contributed by atoms with Crippen molar-refractivity contribution < 1.29 is 22.2 Å². The zero-order chi connectivity index (χ0) is 20.5. The van der Waals surface area contributed by atoms with Gasteiger partial charge >= 0.3 is 0 Å². The molecule has 156 valence electrons. The van der Waals surface area contributed by atoms with E-state index in [0.717, 1.165) is 38.4 Å². The van der Waals surface area contributed by atoms with Crippen LogP contribution in [0.15, 0.2) is 11.6 Å². The minimum atomic E-state index is -3.61. The molecule has 0 amide bonds. The summed E-state index contributed by atoms with van der Waals surface area (Å²) in [6, 6.07) is 0. The molecule has 4 aliphatic carbocycles. The van der Waals surface area contributed by atoms with Crippen LogP contribution < -0.4 is 0 Å². The summed E-state index contributed by atoms with van der Waals surface area (Å²) in [4.78, 5) is 24.4. The molecule has 0 radical (unpaired) electrons. The van der Waals surface area contributed by atoms with Gasteiger partial charge in [0.15, 0.2) is 5.78 Å². The third-order valence-electron chi connectivity index (χ3n) is 8.66. The summed E-state index contributed by atoms with van der Waals surface area (Å²) in [7, 11) is -3.61. The number of fused-ring (bicyclic) bond motifs is 5. The van der Waals surface area contributed by atoms with E-state index in [4.69, 9.17) is 4.18 Å². The maximum Gasteiger partial charge on any atom is 0.264 e. The summed E-state index contributed by atoms with van der Waals surface area (Å²) < 4.78 is 30.0. The summed E-state index contributed by atoms with van der Waals surface area (Å²) in [5.41, 5.74) is 0.781. The van der Waals surface area contributed by atoms with Crippen LogP contribution in [0.2, 0.25) is 0 Å². The molecule has 6 heteroatoms.